The number of halogens is 1. The van der Waals surface area contributed by atoms with Gasteiger partial charge in [-0.05, 0) is 27.9 Å². The van der Waals surface area contributed by atoms with Gasteiger partial charge in [-0.25, -0.2) is 0 Å². The maximum atomic E-state index is 3.51. The highest BCUT2D eigenvalue weighted by molar-refractivity contribution is 9.10. The fourth-order valence-electron chi connectivity index (χ4n) is 2.45. The number of nitrogens with zero attached hydrogens (tertiary/aromatic N) is 2. The van der Waals surface area contributed by atoms with Crippen molar-refractivity contribution in [1.29, 1.82) is 0 Å². The maximum Gasteiger partial charge on any atom is 0.0917 e. The Morgan fingerprint density at radius 3 is 2.83 bits per heavy atom. The fourth-order valence-corrected chi connectivity index (χ4v) is 3.85. The van der Waals surface area contributed by atoms with E-state index in [1.165, 1.54) is 29.1 Å². The molecule has 1 aromatic heterocycles. The normalized spacial score (nSPS) is 18.8. The van der Waals surface area contributed by atoms with E-state index in [0.29, 0.717) is 5.92 Å². The first-order valence-electron chi connectivity index (χ1n) is 6.53. The van der Waals surface area contributed by atoms with Crippen molar-refractivity contribution in [3.63, 3.8) is 0 Å². The van der Waals surface area contributed by atoms with Crippen LogP contribution in [0.25, 0.3) is 0 Å². The number of hydrogen-bond donors (Lipinski definition) is 1. The zero-order chi connectivity index (χ0) is 13.0. The summed E-state index contributed by atoms with van der Waals surface area (Å²) in [4.78, 5) is 4.93. The molecule has 0 aliphatic carbocycles. The van der Waals surface area contributed by atoms with Gasteiger partial charge in [0, 0.05) is 56.2 Å². The van der Waals surface area contributed by atoms with Crippen LogP contribution in [-0.4, -0.2) is 51.2 Å². The summed E-state index contributed by atoms with van der Waals surface area (Å²) in [5.41, 5.74) is 0. The van der Waals surface area contributed by atoms with Crippen LogP contribution in [0.2, 0.25) is 0 Å². The highest BCUT2D eigenvalue weighted by Gasteiger charge is 2.15. The number of anilines is 1. The summed E-state index contributed by atoms with van der Waals surface area (Å²) in [6.45, 7) is 9.34. The van der Waals surface area contributed by atoms with Gasteiger partial charge in [0.1, 0.15) is 0 Å². The summed E-state index contributed by atoms with van der Waals surface area (Å²) >= 11 is 5.32. The lowest BCUT2D eigenvalue weighted by Crippen LogP contribution is -2.46. The van der Waals surface area contributed by atoms with E-state index in [9.17, 15) is 0 Å². The molecule has 1 fully saturated rings. The molecule has 1 saturated heterocycles. The molecular formula is C13H22BrN3S. The number of nitrogens with one attached hydrogen (secondary N) is 1. The molecule has 1 aliphatic rings. The van der Waals surface area contributed by atoms with Crippen LogP contribution in [0.5, 0.6) is 0 Å². The molecular weight excluding hydrogens is 310 g/mol. The van der Waals surface area contributed by atoms with Crippen molar-refractivity contribution >= 4 is 32.3 Å². The van der Waals surface area contributed by atoms with Gasteiger partial charge in [0.15, 0.2) is 0 Å². The third-order valence-electron chi connectivity index (χ3n) is 3.29. The summed E-state index contributed by atoms with van der Waals surface area (Å²) in [5.74, 6) is 0.703. The second-order valence-electron chi connectivity index (χ2n) is 5.14. The summed E-state index contributed by atoms with van der Waals surface area (Å²) < 4.78 is 1.18. The van der Waals surface area contributed by atoms with Crippen molar-refractivity contribution in [2.45, 2.75) is 6.92 Å². The second kappa shape index (κ2) is 6.89. The topological polar surface area (TPSA) is 18.5 Å². The van der Waals surface area contributed by atoms with Gasteiger partial charge in [-0.3, -0.25) is 0 Å². The lowest BCUT2D eigenvalue weighted by Gasteiger charge is -2.31. The number of rotatable bonds is 5. The first-order chi connectivity index (χ1) is 8.65. The van der Waals surface area contributed by atoms with E-state index in [4.69, 9.17) is 0 Å². The van der Waals surface area contributed by atoms with E-state index in [-0.39, 0.29) is 0 Å². The molecule has 0 saturated carbocycles. The molecule has 1 aromatic rings. The van der Waals surface area contributed by atoms with Crippen LogP contribution in [-0.2, 0) is 0 Å². The van der Waals surface area contributed by atoms with E-state index >= 15 is 0 Å². The predicted octanol–water partition coefficient (Wildman–Crippen LogP) is 2.49. The molecule has 5 heteroatoms. The van der Waals surface area contributed by atoms with E-state index < -0.39 is 0 Å². The Morgan fingerprint density at radius 1 is 1.50 bits per heavy atom. The van der Waals surface area contributed by atoms with Crippen molar-refractivity contribution in [1.82, 2.24) is 10.2 Å². The fraction of sp³-hybridized carbons (Fsp3) is 0.692. The average molecular weight is 332 g/mol. The lowest BCUT2D eigenvalue weighted by atomic mass is 10.1. The van der Waals surface area contributed by atoms with Crippen LogP contribution >= 0.6 is 27.3 Å². The van der Waals surface area contributed by atoms with Gasteiger partial charge < -0.3 is 15.1 Å². The summed E-state index contributed by atoms with van der Waals surface area (Å²) in [6, 6.07) is 2.20. The van der Waals surface area contributed by atoms with Gasteiger partial charge in [-0.2, -0.15) is 0 Å². The molecule has 0 aromatic carbocycles. The zero-order valence-electron chi connectivity index (χ0n) is 11.2. The molecule has 1 aliphatic heterocycles. The molecule has 1 atom stereocenters. The molecule has 0 spiro atoms. The molecule has 2 rings (SSSR count). The highest BCUT2D eigenvalue weighted by Crippen LogP contribution is 2.27. The monoisotopic (exact) mass is 331 g/mol. The Balaban J connectivity index is 1.77. The van der Waals surface area contributed by atoms with Crippen molar-refractivity contribution in [2.75, 3.05) is 51.2 Å². The predicted molar refractivity (Wildman–Crippen MR) is 83.8 cm³/mol. The molecule has 102 valence electrons. The minimum atomic E-state index is 0.703. The molecule has 3 nitrogen and oxygen atoms in total. The molecule has 2 heterocycles. The largest absolute Gasteiger partial charge is 0.366 e. The number of hydrogen-bond acceptors (Lipinski definition) is 4. The minimum absolute atomic E-state index is 0.703. The molecule has 0 bridgehead atoms. The van der Waals surface area contributed by atoms with E-state index in [0.717, 1.165) is 19.6 Å². The van der Waals surface area contributed by atoms with Gasteiger partial charge >= 0.3 is 0 Å². The third-order valence-corrected chi connectivity index (χ3v) is 5.10. The van der Waals surface area contributed by atoms with Crippen LogP contribution in [0.4, 0.5) is 5.00 Å². The van der Waals surface area contributed by atoms with Gasteiger partial charge in [0.2, 0.25) is 0 Å². The zero-order valence-corrected chi connectivity index (χ0v) is 13.6. The average Bonchev–Trinajstić information content (AvgIpc) is 2.77. The first-order valence-corrected chi connectivity index (χ1v) is 8.20. The van der Waals surface area contributed by atoms with Crippen LogP contribution in [0.15, 0.2) is 15.9 Å². The van der Waals surface area contributed by atoms with Crippen molar-refractivity contribution in [2.24, 2.45) is 5.92 Å². The van der Waals surface area contributed by atoms with Gasteiger partial charge in [-0.1, -0.05) is 6.92 Å². The van der Waals surface area contributed by atoms with Crippen molar-refractivity contribution < 1.29 is 0 Å². The third kappa shape index (κ3) is 4.23. The van der Waals surface area contributed by atoms with Crippen molar-refractivity contribution in [3.05, 3.63) is 15.9 Å². The molecule has 1 unspecified atom stereocenters. The second-order valence-corrected chi connectivity index (χ2v) is 6.94. The summed E-state index contributed by atoms with van der Waals surface area (Å²) in [6.07, 6.45) is 0. The number of thiophene rings is 1. The van der Waals surface area contributed by atoms with E-state index in [1.54, 1.807) is 11.3 Å². The quantitative estimate of drug-likeness (QED) is 0.894. The summed E-state index contributed by atoms with van der Waals surface area (Å²) in [5, 5.41) is 6.89. The van der Waals surface area contributed by atoms with Crippen LogP contribution in [0, 0.1) is 5.92 Å². The summed E-state index contributed by atoms with van der Waals surface area (Å²) in [7, 11) is 2.19. The molecule has 0 amide bonds. The maximum absolute atomic E-state index is 3.51. The number of piperazine rings is 1. The molecule has 18 heavy (non-hydrogen) atoms. The standard InChI is InChI=1S/C13H22BrN3S/c1-11(9-17-5-3-15-4-6-17)8-16(2)13-7-12(14)10-18-13/h7,10-11,15H,3-6,8-9H2,1-2H3. The lowest BCUT2D eigenvalue weighted by molar-refractivity contribution is 0.213. The van der Waals surface area contributed by atoms with E-state index in [2.05, 4.69) is 56.5 Å². The van der Waals surface area contributed by atoms with E-state index in [1.807, 2.05) is 0 Å². The van der Waals surface area contributed by atoms with Gasteiger partial charge in [-0.15, -0.1) is 11.3 Å². The molecule has 0 radical (unpaired) electrons. The first kappa shape index (κ1) is 14.3. The Hall–Kier alpha value is -0.100. The Labute approximate surface area is 122 Å². The van der Waals surface area contributed by atoms with Crippen LogP contribution in [0.3, 0.4) is 0 Å². The SMILES string of the molecule is CC(CN1CCNCC1)CN(C)c1cc(Br)cs1. The Morgan fingerprint density at radius 2 is 2.22 bits per heavy atom. The van der Waals surface area contributed by atoms with Crippen LogP contribution in [0.1, 0.15) is 6.92 Å². The minimum Gasteiger partial charge on any atom is -0.366 e. The van der Waals surface area contributed by atoms with Crippen molar-refractivity contribution in [3.8, 4) is 0 Å². The Kier molecular flexibility index (Phi) is 5.48. The van der Waals surface area contributed by atoms with Gasteiger partial charge in [0.25, 0.3) is 0 Å². The highest BCUT2D eigenvalue weighted by atomic mass is 79.9. The van der Waals surface area contributed by atoms with Gasteiger partial charge in [0.05, 0.1) is 5.00 Å². The molecule has 1 N–H and O–H groups in total. The Bertz CT molecular complexity index is 363. The van der Waals surface area contributed by atoms with Crippen LogP contribution < -0.4 is 10.2 Å². The smallest absolute Gasteiger partial charge is 0.0917 e.